The first-order chi connectivity index (χ1) is 29.3. The van der Waals surface area contributed by atoms with Crippen molar-refractivity contribution in [1.29, 1.82) is 0 Å². The Morgan fingerprint density at radius 3 is 1.92 bits per heavy atom. The fraction of sp³-hybridized carbons (Fsp3) is 0.250. The van der Waals surface area contributed by atoms with Gasteiger partial charge >= 0.3 is 0 Å². The zero-order valence-corrected chi connectivity index (χ0v) is 34.8. The molecule has 0 fully saturated rings. The van der Waals surface area contributed by atoms with Crippen molar-refractivity contribution in [1.82, 2.24) is 0 Å². The minimum atomic E-state index is -0.360. The first kappa shape index (κ1) is 37.8. The van der Waals surface area contributed by atoms with E-state index in [-0.39, 0.29) is 19.9 Å². The third-order valence-corrected chi connectivity index (χ3v) is 16.1. The van der Waals surface area contributed by atoms with Crippen molar-refractivity contribution in [3.63, 3.8) is 0 Å². The summed E-state index contributed by atoms with van der Waals surface area (Å²) in [6.07, 6.45) is 37.7. The van der Waals surface area contributed by atoms with Gasteiger partial charge in [-0.1, -0.05) is 188 Å². The standard InChI is InChI=1S/C56H53N2P/c1-6-18-42(19-7-1)53-54(43-20-8-2-9-21-43)57-56(45-22-10-3-11-23-45)58-55(53)44-32-30-40(31-33-44)49-38-39-50(52-29-17-16-28-51(49)52)41-34-36-48(37-35-41)59(46-24-12-4-13-25-46)47-26-14-5-15-27-47/h1-3,6-12,14,16-30,32,34,36,39,41,48-49,53-54H,4-5,13,15,31,33,35,37-38H2. The molecule has 0 aromatic heterocycles. The van der Waals surface area contributed by atoms with E-state index < -0.39 is 0 Å². The molecule has 59 heavy (non-hydrogen) atoms. The highest BCUT2D eigenvalue weighted by atomic mass is 31.1. The third-order valence-electron chi connectivity index (χ3n) is 13.2. The number of allylic oxidation sites excluding steroid dienone is 16. The summed E-state index contributed by atoms with van der Waals surface area (Å²) >= 11 is 0. The monoisotopic (exact) mass is 784 g/mol. The molecule has 5 unspecified atom stereocenters. The van der Waals surface area contributed by atoms with Crippen molar-refractivity contribution < 1.29 is 0 Å². The van der Waals surface area contributed by atoms with Gasteiger partial charge in [0.25, 0.3) is 0 Å². The van der Waals surface area contributed by atoms with Crippen LogP contribution in [-0.2, 0) is 0 Å². The van der Waals surface area contributed by atoms with Crippen LogP contribution in [0.3, 0.4) is 0 Å². The van der Waals surface area contributed by atoms with E-state index in [4.69, 9.17) is 9.98 Å². The molecule has 0 N–H and O–H groups in total. The lowest BCUT2D eigenvalue weighted by Crippen LogP contribution is -2.28. The Kier molecular flexibility index (Phi) is 11.2. The van der Waals surface area contributed by atoms with Crippen LogP contribution in [0.4, 0.5) is 0 Å². The normalized spacial score (nSPS) is 25.2. The zero-order valence-electron chi connectivity index (χ0n) is 33.9. The maximum atomic E-state index is 5.46. The van der Waals surface area contributed by atoms with Crippen LogP contribution in [0.1, 0.15) is 103 Å². The first-order valence-corrected chi connectivity index (χ1v) is 23.4. The van der Waals surface area contributed by atoms with Crippen molar-refractivity contribution >= 4 is 25.0 Å². The minimum Gasteiger partial charge on any atom is -0.257 e. The molecular weight excluding hydrogens is 732 g/mol. The van der Waals surface area contributed by atoms with Crippen LogP contribution >= 0.6 is 7.92 Å². The molecule has 0 radical (unpaired) electrons. The average Bonchev–Trinajstić information content (AvgIpc) is 3.33. The molecule has 0 amide bonds. The second-order valence-corrected chi connectivity index (χ2v) is 19.2. The van der Waals surface area contributed by atoms with Gasteiger partial charge in [-0.2, -0.15) is 0 Å². The Bertz CT molecular complexity index is 2460. The minimum absolute atomic E-state index is 0.0274. The number of benzene rings is 4. The summed E-state index contributed by atoms with van der Waals surface area (Å²) in [7, 11) is -0.360. The summed E-state index contributed by atoms with van der Waals surface area (Å²) in [6.45, 7) is 0. The number of nitrogens with zero attached hydrogens (tertiary/aromatic N) is 2. The van der Waals surface area contributed by atoms with Gasteiger partial charge in [0.15, 0.2) is 5.84 Å². The van der Waals surface area contributed by atoms with E-state index in [2.05, 4.69) is 182 Å². The fourth-order valence-electron chi connectivity index (χ4n) is 10.3. The van der Waals surface area contributed by atoms with Crippen molar-refractivity contribution in [3.05, 3.63) is 232 Å². The van der Waals surface area contributed by atoms with E-state index in [1.807, 2.05) is 0 Å². The summed E-state index contributed by atoms with van der Waals surface area (Å²) in [6, 6.07) is 41.5. The smallest absolute Gasteiger partial charge is 0.155 e. The van der Waals surface area contributed by atoms with Gasteiger partial charge in [-0.3, -0.25) is 4.99 Å². The van der Waals surface area contributed by atoms with E-state index in [0.29, 0.717) is 17.5 Å². The predicted octanol–water partition coefficient (Wildman–Crippen LogP) is 14.9. The molecular formula is C56H53N2P. The lowest BCUT2D eigenvalue weighted by Gasteiger charge is -2.36. The zero-order chi connectivity index (χ0) is 39.4. The molecule has 10 rings (SSSR count). The SMILES string of the molecule is C1=CC(P(C2=CCCC=C2)C2C=CC(C3=CCC(C4=CC=C(C5=NC(c6ccccc6)=NC(c6ccccc6)C5c5ccccc5)CC4)c4ccccc43)CC2)=CCC1. The lowest BCUT2D eigenvalue weighted by atomic mass is 9.72. The second kappa shape index (κ2) is 17.4. The number of amidine groups is 1. The van der Waals surface area contributed by atoms with E-state index in [1.165, 1.54) is 71.9 Å². The summed E-state index contributed by atoms with van der Waals surface area (Å²) < 4.78 is 0. The molecule has 5 aliphatic carbocycles. The average molecular weight is 785 g/mol. The van der Waals surface area contributed by atoms with Crippen LogP contribution in [0, 0.1) is 5.92 Å². The molecule has 0 bridgehead atoms. The Balaban J connectivity index is 0.942. The highest BCUT2D eigenvalue weighted by Crippen LogP contribution is 2.62. The van der Waals surface area contributed by atoms with Crippen LogP contribution in [0.5, 0.6) is 0 Å². The van der Waals surface area contributed by atoms with Crippen molar-refractivity contribution in [2.24, 2.45) is 15.9 Å². The van der Waals surface area contributed by atoms with Crippen LogP contribution in [-0.4, -0.2) is 17.2 Å². The lowest BCUT2D eigenvalue weighted by molar-refractivity contribution is 0.637. The van der Waals surface area contributed by atoms with Gasteiger partial charge in [0.1, 0.15) is 0 Å². The summed E-state index contributed by atoms with van der Waals surface area (Å²) in [5, 5.41) is 3.18. The number of rotatable bonds is 9. The Morgan fingerprint density at radius 1 is 0.593 bits per heavy atom. The Labute approximate surface area is 352 Å². The molecule has 0 spiro atoms. The van der Waals surface area contributed by atoms with E-state index in [0.717, 1.165) is 36.4 Å². The summed E-state index contributed by atoms with van der Waals surface area (Å²) in [4.78, 5) is 10.9. The molecule has 5 atom stereocenters. The first-order valence-electron chi connectivity index (χ1n) is 22.0. The van der Waals surface area contributed by atoms with Gasteiger partial charge in [0.2, 0.25) is 0 Å². The van der Waals surface area contributed by atoms with Gasteiger partial charge < -0.3 is 0 Å². The van der Waals surface area contributed by atoms with Gasteiger partial charge in [0, 0.05) is 23.1 Å². The van der Waals surface area contributed by atoms with E-state index in [9.17, 15) is 0 Å². The van der Waals surface area contributed by atoms with Crippen molar-refractivity contribution in [3.8, 4) is 0 Å². The molecule has 1 heterocycles. The highest BCUT2D eigenvalue weighted by Gasteiger charge is 2.37. The third kappa shape index (κ3) is 7.89. The molecule has 6 aliphatic rings. The van der Waals surface area contributed by atoms with Gasteiger partial charge in [-0.15, -0.1) is 0 Å². The summed E-state index contributed by atoms with van der Waals surface area (Å²) in [5.74, 6) is 1.72. The number of aliphatic imine (C=N–C) groups is 2. The number of hydrogen-bond acceptors (Lipinski definition) is 2. The molecule has 1 aliphatic heterocycles. The van der Waals surface area contributed by atoms with Crippen molar-refractivity contribution in [2.75, 3.05) is 0 Å². The molecule has 2 nitrogen and oxygen atoms in total. The maximum Gasteiger partial charge on any atom is 0.155 e. The predicted molar refractivity (Wildman–Crippen MR) is 251 cm³/mol. The molecule has 0 saturated carbocycles. The van der Waals surface area contributed by atoms with Gasteiger partial charge in [0.05, 0.1) is 17.7 Å². The largest absolute Gasteiger partial charge is 0.257 e. The Hall–Kier alpha value is -5.43. The van der Waals surface area contributed by atoms with Crippen LogP contribution in [0.2, 0.25) is 0 Å². The van der Waals surface area contributed by atoms with Crippen molar-refractivity contribution in [2.45, 2.75) is 81.3 Å². The molecule has 292 valence electrons. The van der Waals surface area contributed by atoms with E-state index in [1.54, 1.807) is 16.2 Å². The number of fused-ring (bicyclic) bond motifs is 1. The summed E-state index contributed by atoms with van der Waals surface area (Å²) in [5.41, 5.74) is 12.7. The van der Waals surface area contributed by atoms with Gasteiger partial charge in [-0.05, 0) is 110 Å². The van der Waals surface area contributed by atoms with E-state index >= 15 is 0 Å². The fourth-order valence-corrected chi connectivity index (χ4v) is 13.2. The molecule has 4 aromatic rings. The number of hydrogen-bond donors (Lipinski definition) is 0. The Morgan fingerprint density at radius 2 is 1.27 bits per heavy atom. The molecule has 3 heteroatoms. The van der Waals surface area contributed by atoms with Crippen LogP contribution in [0.15, 0.2) is 214 Å². The second-order valence-electron chi connectivity index (χ2n) is 16.8. The quantitative estimate of drug-likeness (QED) is 0.119. The molecule has 4 aromatic carbocycles. The molecule has 0 saturated heterocycles. The van der Waals surface area contributed by atoms with Crippen LogP contribution in [0.25, 0.3) is 5.57 Å². The highest BCUT2D eigenvalue weighted by molar-refractivity contribution is 7.67. The topological polar surface area (TPSA) is 24.7 Å². The van der Waals surface area contributed by atoms with Crippen LogP contribution < -0.4 is 0 Å². The maximum absolute atomic E-state index is 5.46. The van der Waals surface area contributed by atoms with Gasteiger partial charge in [-0.25, -0.2) is 4.99 Å².